The van der Waals surface area contributed by atoms with E-state index in [0.29, 0.717) is 5.95 Å². The van der Waals surface area contributed by atoms with Gasteiger partial charge in [0.15, 0.2) is 0 Å². The van der Waals surface area contributed by atoms with Crippen LogP contribution < -0.4 is 10.6 Å². The summed E-state index contributed by atoms with van der Waals surface area (Å²) in [6.07, 6.45) is 3.54. The van der Waals surface area contributed by atoms with Crippen molar-refractivity contribution in [1.29, 1.82) is 0 Å². The zero-order valence-corrected chi connectivity index (χ0v) is 15.1. The van der Waals surface area contributed by atoms with E-state index < -0.39 is 0 Å². The van der Waals surface area contributed by atoms with Gasteiger partial charge in [0.1, 0.15) is 5.82 Å². The van der Waals surface area contributed by atoms with Crippen molar-refractivity contribution in [3.8, 4) is 11.3 Å². The van der Waals surface area contributed by atoms with Crippen molar-refractivity contribution >= 4 is 33.4 Å². The molecule has 3 rings (SSSR count). The number of benzene rings is 1. The first-order valence-electron chi connectivity index (χ1n) is 7.69. The molecule has 2 N–H and O–H groups in total. The van der Waals surface area contributed by atoms with E-state index in [1.165, 1.54) is 0 Å². The van der Waals surface area contributed by atoms with Crippen molar-refractivity contribution in [2.45, 2.75) is 19.9 Å². The van der Waals surface area contributed by atoms with Crippen molar-refractivity contribution in [3.05, 3.63) is 59.3 Å². The van der Waals surface area contributed by atoms with Crippen LogP contribution in [0.5, 0.6) is 0 Å². The number of anilines is 3. The number of rotatable bonds is 5. The number of halogens is 1. The maximum absolute atomic E-state index is 4.59. The summed E-state index contributed by atoms with van der Waals surface area (Å²) in [6.45, 7) is 4.11. The molecule has 3 aromatic rings. The van der Waals surface area contributed by atoms with Crippen LogP contribution in [0.25, 0.3) is 11.3 Å². The Labute approximate surface area is 149 Å². The zero-order chi connectivity index (χ0) is 16.9. The van der Waals surface area contributed by atoms with Crippen molar-refractivity contribution in [1.82, 2.24) is 15.0 Å². The monoisotopic (exact) mass is 383 g/mol. The Kier molecular flexibility index (Phi) is 5.05. The maximum Gasteiger partial charge on any atom is 0.225 e. The van der Waals surface area contributed by atoms with Gasteiger partial charge in [-0.25, -0.2) is 4.98 Å². The average molecular weight is 384 g/mol. The second kappa shape index (κ2) is 7.40. The molecule has 2 heterocycles. The van der Waals surface area contributed by atoms with Gasteiger partial charge in [0.05, 0.1) is 5.69 Å². The number of nitrogens with zero attached hydrogens (tertiary/aromatic N) is 3. The summed E-state index contributed by atoms with van der Waals surface area (Å²) in [5.41, 5.74) is 2.72. The lowest BCUT2D eigenvalue weighted by Gasteiger charge is -2.13. The summed E-state index contributed by atoms with van der Waals surface area (Å²) in [6, 6.07) is 14.0. The quantitative estimate of drug-likeness (QED) is 0.658. The predicted molar refractivity (Wildman–Crippen MR) is 101 cm³/mol. The van der Waals surface area contributed by atoms with Crippen molar-refractivity contribution in [2.24, 2.45) is 0 Å². The summed E-state index contributed by atoms with van der Waals surface area (Å²) in [5, 5.41) is 6.59. The van der Waals surface area contributed by atoms with E-state index in [1.807, 2.05) is 42.5 Å². The van der Waals surface area contributed by atoms with Crippen LogP contribution in [0.1, 0.15) is 13.8 Å². The molecule has 0 amide bonds. The van der Waals surface area contributed by atoms with Gasteiger partial charge in [-0.15, -0.1) is 0 Å². The molecule has 2 aromatic heterocycles. The summed E-state index contributed by atoms with van der Waals surface area (Å²) in [4.78, 5) is 13.3. The zero-order valence-electron chi connectivity index (χ0n) is 13.5. The van der Waals surface area contributed by atoms with Gasteiger partial charge >= 0.3 is 0 Å². The molecule has 0 aliphatic rings. The fourth-order valence-corrected chi connectivity index (χ4v) is 2.61. The molecule has 0 aliphatic carbocycles. The van der Waals surface area contributed by atoms with Gasteiger partial charge in [-0.1, -0.05) is 22.0 Å². The van der Waals surface area contributed by atoms with Gasteiger partial charge in [-0.2, -0.15) is 4.98 Å². The van der Waals surface area contributed by atoms with Crippen molar-refractivity contribution in [3.63, 3.8) is 0 Å². The standard InChI is InChI=1S/C18H18BrN5/c1-12(2)21-18-23-16(13-5-4-8-20-11-13)10-17(24-18)22-15-7-3-6-14(19)9-15/h3-12H,1-2H3,(H2,21,22,23,24). The second-order valence-corrected chi connectivity index (χ2v) is 6.55. The molecule has 0 fully saturated rings. The van der Waals surface area contributed by atoms with E-state index in [2.05, 4.69) is 55.4 Å². The Morgan fingerprint density at radius 1 is 1.04 bits per heavy atom. The Balaban J connectivity index is 1.98. The summed E-state index contributed by atoms with van der Waals surface area (Å²) >= 11 is 3.48. The normalized spacial score (nSPS) is 10.7. The first-order valence-corrected chi connectivity index (χ1v) is 8.48. The Morgan fingerprint density at radius 2 is 1.92 bits per heavy atom. The molecule has 24 heavy (non-hydrogen) atoms. The number of nitrogens with one attached hydrogen (secondary N) is 2. The van der Waals surface area contributed by atoms with Gasteiger partial charge < -0.3 is 10.6 Å². The molecule has 0 bridgehead atoms. The van der Waals surface area contributed by atoms with E-state index in [-0.39, 0.29) is 6.04 Å². The van der Waals surface area contributed by atoms with Crippen LogP contribution in [0.4, 0.5) is 17.5 Å². The first-order chi connectivity index (χ1) is 11.6. The largest absolute Gasteiger partial charge is 0.352 e. The number of hydrogen-bond acceptors (Lipinski definition) is 5. The highest BCUT2D eigenvalue weighted by Crippen LogP contribution is 2.24. The molecular weight excluding hydrogens is 366 g/mol. The Morgan fingerprint density at radius 3 is 2.62 bits per heavy atom. The number of aromatic nitrogens is 3. The topological polar surface area (TPSA) is 62.7 Å². The third-order valence-electron chi connectivity index (χ3n) is 3.20. The summed E-state index contributed by atoms with van der Waals surface area (Å²) < 4.78 is 1.01. The molecule has 0 saturated carbocycles. The minimum Gasteiger partial charge on any atom is -0.352 e. The maximum atomic E-state index is 4.59. The van der Waals surface area contributed by atoms with Gasteiger partial charge in [-0.05, 0) is 44.2 Å². The highest BCUT2D eigenvalue weighted by molar-refractivity contribution is 9.10. The molecule has 0 saturated heterocycles. The van der Waals surface area contributed by atoms with Crippen LogP contribution in [0.2, 0.25) is 0 Å². The third-order valence-corrected chi connectivity index (χ3v) is 3.69. The number of hydrogen-bond donors (Lipinski definition) is 2. The van der Waals surface area contributed by atoms with Crippen LogP contribution >= 0.6 is 15.9 Å². The average Bonchev–Trinajstić information content (AvgIpc) is 2.55. The lowest BCUT2D eigenvalue weighted by atomic mass is 10.2. The fraction of sp³-hybridized carbons (Fsp3) is 0.167. The second-order valence-electron chi connectivity index (χ2n) is 5.64. The van der Waals surface area contributed by atoms with Gasteiger partial charge in [0.2, 0.25) is 5.95 Å². The van der Waals surface area contributed by atoms with E-state index in [1.54, 1.807) is 12.4 Å². The molecule has 0 aliphatic heterocycles. The molecule has 0 unspecified atom stereocenters. The van der Waals surface area contributed by atoms with Crippen LogP contribution in [-0.4, -0.2) is 21.0 Å². The lowest BCUT2D eigenvalue weighted by Crippen LogP contribution is -2.13. The summed E-state index contributed by atoms with van der Waals surface area (Å²) in [5.74, 6) is 1.31. The SMILES string of the molecule is CC(C)Nc1nc(Nc2cccc(Br)c2)cc(-c2cccnc2)n1. The van der Waals surface area contributed by atoms with Crippen LogP contribution in [0.3, 0.4) is 0 Å². The Bertz CT molecular complexity index is 821. The van der Waals surface area contributed by atoms with Crippen molar-refractivity contribution in [2.75, 3.05) is 10.6 Å². The van der Waals surface area contributed by atoms with Gasteiger partial charge in [-0.3, -0.25) is 4.98 Å². The van der Waals surface area contributed by atoms with Crippen LogP contribution in [-0.2, 0) is 0 Å². The smallest absolute Gasteiger partial charge is 0.225 e. The van der Waals surface area contributed by atoms with Crippen LogP contribution in [0.15, 0.2) is 59.3 Å². The van der Waals surface area contributed by atoms with E-state index >= 15 is 0 Å². The number of pyridine rings is 1. The summed E-state index contributed by atoms with van der Waals surface area (Å²) in [7, 11) is 0. The molecule has 1 aromatic carbocycles. The highest BCUT2D eigenvalue weighted by Gasteiger charge is 2.08. The molecule has 0 radical (unpaired) electrons. The van der Waals surface area contributed by atoms with Gasteiger partial charge in [0.25, 0.3) is 0 Å². The van der Waals surface area contributed by atoms with Gasteiger partial charge in [0, 0.05) is 40.2 Å². The van der Waals surface area contributed by atoms with E-state index in [9.17, 15) is 0 Å². The van der Waals surface area contributed by atoms with E-state index in [0.717, 1.165) is 27.2 Å². The van der Waals surface area contributed by atoms with Crippen molar-refractivity contribution < 1.29 is 0 Å². The molecule has 0 atom stereocenters. The molecular formula is C18H18BrN5. The third kappa shape index (κ3) is 4.29. The lowest BCUT2D eigenvalue weighted by molar-refractivity contribution is 0.876. The van der Waals surface area contributed by atoms with E-state index in [4.69, 9.17) is 0 Å². The predicted octanol–water partition coefficient (Wildman–Crippen LogP) is 4.87. The van der Waals surface area contributed by atoms with Crippen LogP contribution in [0, 0.1) is 0 Å². The molecule has 6 heteroatoms. The fourth-order valence-electron chi connectivity index (χ4n) is 2.21. The minimum absolute atomic E-state index is 0.243. The highest BCUT2D eigenvalue weighted by atomic mass is 79.9. The minimum atomic E-state index is 0.243. The Hall–Kier alpha value is -2.47. The molecule has 122 valence electrons. The molecule has 0 spiro atoms. The first kappa shape index (κ1) is 16.4. The molecule has 5 nitrogen and oxygen atoms in total.